The number of likely N-dealkylation sites (tertiary alicyclic amines) is 1. The maximum Gasteiger partial charge on any atom is 0.0679 e. The van der Waals surface area contributed by atoms with Gasteiger partial charge in [0.25, 0.3) is 0 Å². The van der Waals surface area contributed by atoms with Gasteiger partial charge in [0.2, 0.25) is 0 Å². The Labute approximate surface area is 80.9 Å². The molecule has 0 amide bonds. The molecule has 0 radical (unpaired) electrons. The molecule has 13 heavy (non-hydrogen) atoms. The van der Waals surface area contributed by atoms with Crippen molar-refractivity contribution in [2.45, 2.75) is 51.2 Å². The fourth-order valence-electron chi connectivity index (χ4n) is 2.91. The average Bonchev–Trinajstić information content (AvgIpc) is 2.53. The van der Waals surface area contributed by atoms with Crippen molar-refractivity contribution in [1.82, 2.24) is 4.90 Å². The molecule has 3 atom stereocenters. The minimum atomic E-state index is -0.0471. The molecule has 2 nitrogen and oxygen atoms in total. The summed E-state index contributed by atoms with van der Waals surface area (Å²) in [7, 11) is 0. The first kappa shape index (κ1) is 9.47. The Bertz CT molecular complexity index is 171. The lowest BCUT2D eigenvalue weighted by molar-refractivity contribution is 0.112. The van der Waals surface area contributed by atoms with Gasteiger partial charge < -0.3 is 5.11 Å². The van der Waals surface area contributed by atoms with Gasteiger partial charge in [-0.05, 0) is 25.2 Å². The molecule has 2 heteroatoms. The van der Waals surface area contributed by atoms with Crippen LogP contribution in [0.25, 0.3) is 0 Å². The van der Waals surface area contributed by atoms with Crippen LogP contribution in [-0.2, 0) is 0 Å². The van der Waals surface area contributed by atoms with Gasteiger partial charge in [-0.25, -0.2) is 0 Å². The molecule has 76 valence electrons. The summed E-state index contributed by atoms with van der Waals surface area (Å²) in [4.78, 5) is 2.51. The number of β-amino-alcohol motifs (C(OH)–C–C–N with tert-alkyl or cyclic N) is 1. The van der Waals surface area contributed by atoms with Crippen molar-refractivity contribution in [3.63, 3.8) is 0 Å². The predicted octanol–water partition coefficient (Wildman–Crippen LogP) is 1.63. The van der Waals surface area contributed by atoms with Crippen molar-refractivity contribution in [1.29, 1.82) is 0 Å². The molecule has 2 fully saturated rings. The fraction of sp³-hybridized carbons (Fsp3) is 1.00. The van der Waals surface area contributed by atoms with E-state index < -0.39 is 0 Å². The SMILES string of the molecule is C[C@H]1CCCCC1N1CC[C@@H](O)C1. The summed E-state index contributed by atoms with van der Waals surface area (Å²) >= 11 is 0. The molecule has 0 aromatic heterocycles. The molecule has 1 aliphatic heterocycles. The Hall–Kier alpha value is -0.0800. The van der Waals surface area contributed by atoms with Gasteiger partial charge in [0.15, 0.2) is 0 Å². The lowest BCUT2D eigenvalue weighted by Crippen LogP contribution is -2.40. The molecule has 1 heterocycles. The average molecular weight is 183 g/mol. The topological polar surface area (TPSA) is 23.5 Å². The molecule has 2 rings (SSSR count). The Morgan fingerprint density at radius 3 is 2.54 bits per heavy atom. The third kappa shape index (κ3) is 2.05. The van der Waals surface area contributed by atoms with Crippen LogP contribution in [0.2, 0.25) is 0 Å². The highest BCUT2D eigenvalue weighted by Crippen LogP contribution is 2.30. The molecule has 0 aromatic rings. The van der Waals surface area contributed by atoms with Crippen LogP contribution in [0.5, 0.6) is 0 Å². The van der Waals surface area contributed by atoms with E-state index in [4.69, 9.17) is 0 Å². The van der Waals surface area contributed by atoms with Crippen LogP contribution in [0, 0.1) is 5.92 Å². The Balaban J connectivity index is 1.91. The van der Waals surface area contributed by atoms with Crippen molar-refractivity contribution >= 4 is 0 Å². The van der Waals surface area contributed by atoms with Crippen LogP contribution < -0.4 is 0 Å². The molecule has 1 aliphatic carbocycles. The summed E-state index contributed by atoms with van der Waals surface area (Å²) < 4.78 is 0. The molecule has 1 unspecified atom stereocenters. The summed E-state index contributed by atoms with van der Waals surface area (Å²) in [5.41, 5.74) is 0. The highest BCUT2D eigenvalue weighted by atomic mass is 16.3. The van der Waals surface area contributed by atoms with Crippen molar-refractivity contribution in [2.24, 2.45) is 5.92 Å². The first-order chi connectivity index (χ1) is 6.27. The third-order valence-corrected chi connectivity index (χ3v) is 3.73. The molecule has 1 N–H and O–H groups in total. The van der Waals surface area contributed by atoms with E-state index in [1.165, 1.54) is 25.7 Å². The van der Waals surface area contributed by atoms with Crippen LogP contribution in [-0.4, -0.2) is 35.2 Å². The van der Waals surface area contributed by atoms with Crippen LogP contribution in [0.4, 0.5) is 0 Å². The molecule has 0 aromatic carbocycles. The monoisotopic (exact) mass is 183 g/mol. The van der Waals surface area contributed by atoms with Gasteiger partial charge in [0, 0.05) is 19.1 Å². The highest BCUT2D eigenvalue weighted by Gasteiger charge is 2.31. The molecular weight excluding hydrogens is 162 g/mol. The van der Waals surface area contributed by atoms with Crippen LogP contribution in [0.15, 0.2) is 0 Å². The second kappa shape index (κ2) is 3.97. The van der Waals surface area contributed by atoms with E-state index in [1.54, 1.807) is 0 Å². The number of hydrogen-bond acceptors (Lipinski definition) is 2. The van der Waals surface area contributed by atoms with Gasteiger partial charge in [0.05, 0.1) is 6.10 Å². The second-order valence-electron chi connectivity index (χ2n) is 4.77. The lowest BCUT2D eigenvalue weighted by Gasteiger charge is -2.36. The number of rotatable bonds is 1. The van der Waals surface area contributed by atoms with Gasteiger partial charge in [-0.2, -0.15) is 0 Å². The second-order valence-corrected chi connectivity index (χ2v) is 4.77. The summed E-state index contributed by atoms with van der Waals surface area (Å²) in [5.74, 6) is 0.846. The van der Waals surface area contributed by atoms with Crippen molar-refractivity contribution in [3.8, 4) is 0 Å². The van der Waals surface area contributed by atoms with Crippen LogP contribution in [0.3, 0.4) is 0 Å². The summed E-state index contributed by atoms with van der Waals surface area (Å²) in [6.45, 7) is 4.42. The Morgan fingerprint density at radius 1 is 1.15 bits per heavy atom. The van der Waals surface area contributed by atoms with E-state index in [0.717, 1.165) is 31.5 Å². The first-order valence-electron chi connectivity index (χ1n) is 5.69. The molecule has 2 aliphatic rings. The minimum Gasteiger partial charge on any atom is -0.392 e. The minimum absolute atomic E-state index is 0.0471. The van der Waals surface area contributed by atoms with Gasteiger partial charge >= 0.3 is 0 Å². The van der Waals surface area contributed by atoms with E-state index >= 15 is 0 Å². The van der Waals surface area contributed by atoms with Crippen LogP contribution >= 0.6 is 0 Å². The lowest BCUT2D eigenvalue weighted by atomic mass is 9.85. The standard InChI is InChI=1S/C11H21NO/c1-9-4-2-3-5-11(9)12-7-6-10(13)8-12/h9-11,13H,2-8H2,1H3/t9-,10+,11?/m0/s1. The van der Waals surface area contributed by atoms with Gasteiger partial charge in [0.1, 0.15) is 0 Å². The number of hydrogen-bond donors (Lipinski definition) is 1. The smallest absolute Gasteiger partial charge is 0.0679 e. The van der Waals surface area contributed by atoms with E-state index in [0.29, 0.717) is 0 Å². The highest BCUT2D eigenvalue weighted by molar-refractivity contribution is 4.86. The summed E-state index contributed by atoms with van der Waals surface area (Å²) in [5, 5.41) is 9.47. The Morgan fingerprint density at radius 2 is 1.92 bits per heavy atom. The van der Waals surface area contributed by atoms with E-state index in [1.807, 2.05) is 0 Å². The van der Waals surface area contributed by atoms with Crippen molar-refractivity contribution in [2.75, 3.05) is 13.1 Å². The van der Waals surface area contributed by atoms with E-state index in [2.05, 4.69) is 11.8 Å². The van der Waals surface area contributed by atoms with Gasteiger partial charge in [-0.1, -0.05) is 19.8 Å². The molecule has 1 saturated carbocycles. The predicted molar refractivity (Wildman–Crippen MR) is 53.6 cm³/mol. The zero-order valence-corrected chi connectivity index (χ0v) is 8.58. The maximum atomic E-state index is 9.47. The summed E-state index contributed by atoms with van der Waals surface area (Å²) in [6, 6.07) is 0.769. The van der Waals surface area contributed by atoms with Gasteiger partial charge in [-0.3, -0.25) is 4.90 Å². The molecular formula is C11H21NO. The Kier molecular flexibility index (Phi) is 2.89. The van der Waals surface area contributed by atoms with Crippen LogP contribution in [0.1, 0.15) is 39.0 Å². The third-order valence-electron chi connectivity index (χ3n) is 3.73. The molecule has 0 spiro atoms. The number of aliphatic hydroxyl groups is 1. The quantitative estimate of drug-likeness (QED) is 0.668. The maximum absolute atomic E-state index is 9.47. The normalized spacial score (nSPS) is 42.5. The van der Waals surface area contributed by atoms with Crippen molar-refractivity contribution < 1.29 is 5.11 Å². The number of nitrogens with zero attached hydrogens (tertiary/aromatic N) is 1. The number of aliphatic hydroxyl groups excluding tert-OH is 1. The zero-order valence-electron chi connectivity index (χ0n) is 8.58. The fourth-order valence-corrected chi connectivity index (χ4v) is 2.91. The van der Waals surface area contributed by atoms with Gasteiger partial charge in [-0.15, -0.1) is 0 Å². The molecule has 1 saturated heterocycles. The van der Waals surface area contributed by atoms with E-state index in [-0.39, 0.29) is 6.10 Å². The van der Waals surface area contributed by atoms with E-state index in [9.17, 15) is 5.11 Å². The summed E-state index contributed by atoms with van der Waals surface area (Å²) in [6.07, 6.45) is 6.48. The first-order valence-corrected chi connectivity index (χ1v) is 5.69. The zero-order chi connectivity index (χ0) is 9.26. The largest absolute Gasteiger partial charge is 0.392 e. The van der Waals surface area contributed by atoms with Crippen molar-refractivity contribution in [3.05, 3.63) is 0 Å². The molecule has 0 bridgehead atoms.